The maximum absolute atomic E-state index is 13.1. The minimum atomic E-state index is -1.69. The SMILES string of the molecule is COC(=O)C[C@H]1[C@@H](c2ccccc2OC)CN(C(=O)OCc2ccccc2)[C@]1(C)C(=O)O. The molecule has 2 aromatic rings. The van der Waals surface area contributed by atoms with Crippen molar-refractivity contribution in [3.63, 3.8) is 0 Å². The number of likely N-dealkylation sites (tertiary alicyclic amines) is 1. The van der Waals surface area contributed by atoms with E-state index in [4.69, 9.17) is 14.2 Å². The fraction of sp³-hybridized carbons (Fsp3) is 0.375. The third kappa shape index (κ3) is 4.39. The van der Waals surface area contributed by atoms with Crippen molar-refractivity contribution in [1.29, 1.82) is 0 Å². The number of aliphatic carboxylic acids is 1. The van der Waals surface area contributed by atoms with Crippen molar-refractivity contribution < 1.29 is 33.7 Å². The normalized spacial score (nSPS) is 22.3. The van der Waals surface area contributed by atoms with E-state index >= 15 is 0 Å². The second kappa shape index (κ2) is 9.72. The van der Waals surface area contributed by atoms with Gasteiger partial charge in [-0.2, -0.15) is 0 Å². The maximum Gasteiger partial charge on any atom is 0.411 e. The summed E-state index contributed by atoms with van der Waals surface area (Å²) in [7, 11) is 2.77. The fourth-order valence-electron chi connectivity index (χ4n) is 4.33. The van der Waals surface area contributed by atoms with Gasteiger partial charge in [-0.05, 0) is 24.1 Å². The molecule has 8 nitrogen and oxygen atoms in total. The number of benzene rings is 2. The fourth-order valence-corrected chi connectivity index (χ4v) is 4.33. The van der Waals surface area contributed by atoms with Gasteiger partial charge in [0.2, 0.25) is 0 Å². The van der Waals surface area contributed by atoms with E-state index in [-0.39, 0.29) is 19.6 Å². The smallest absolute Gasteiger partial charge is 0.411 e. The number of methoxy groups -OCH3 is 2. The van der Waals surface area contributed by atoms with E-state index in [1.165, 1.54) is 26.0 Å². The number of rotatable bonds is 7. The highest BCUT2D eigenvalue weighted by Gasteiger charge is 2.59. The highest BCUT2D eigenvalue weighted by atomic mass is 16.6. The van der Waals surface area contributed by atoms with E-state index in [0.29, 0.717) is 5.75 Å². The molecular formula is C24H27NO7. The minimum Gasteiger partial charge on any atom is -0.496 e. The van der Waals surface area contributed by atoms with Crippen LogP contribution in [0.5, 0.6) is 5.75 Å². The Morgan fingerprint density at radius 1 is 1.06 bits per heavy atom. The lowest BCUT2D eigenvalue weighted by atomic mass is 9.76. The maximum atomic E-state index is 13.1. The third-order valence-electron chi connectivity index (χ3n) is 6.16. The van der Waals surface area contributed by atoms with Crippen LogP contribution in [-0.4, -0.2) is 54.3 Å². The quantitative estimate of drug-likeness (QED) is 0.657. The van der Waals surface area contributed by atoms with Crippen molar-refractivity contribution >= 4 is 18.0 Å². The van der Waals surface area contributed by atoms with E-state index in [0.717, 1.165) is 11.1 Å². The Balaban J connectivity index is 1.98. The first-order valence-electron chi connectivity index (χ1n) is 10.2. The zero-order chi connectivity index (χ0) is 23.3. The molecule has 0 aromatic heterocycles. The van der Waals surface area contributed by atoms with Gasteiger partial charge in [0.1, 0.15) is 17.9 Å². The molecule has 3 atom stereocenters. The van der Waals surface area contributed by atoms with E-state index in [2.05, 4.69) is 0 Å². The summed E-state index contributed by atoms with van der Waals surface area (Å²) in [5.41, 5.74) is -0.188. The van der Waals surface area contributed by atoms with Crippen molar-refractivity contribution in [2.45, 2.75) is 31.4 Å². The van der Waals surface area contributed by atoms with Gasteiger partial charge in [-0.1, -0.05) is 48.5 Å². The first-order valence-corrected chi connectivity index (χ1v) is 10.2. The van der Waals surface area contributed by atoms with Gasteiger partial charge in [-0.3, -0.25) is 9.69 Å². The van der Waals surface area contributed by atoms with Crippen molar-refractivity contribution in [2.75, 3.05) is 20.8 Å². The highest BCUT2D eigenvalue weighted by molar-refractivity contribution is 5.87. The van der Waals surface area contributed by atoms with Gasteiger partial charge in [0.25, 0.3) is 0 Å². The average molecular weight is 441 g/mol. The molecule has 1 amide bonds. The zero-order valence-corrected chi connectivity index (χ0v) is 18.3. The second-order valence-corrected chi connectivity index (χ2v) is 7.84. The molecule has 8 heteroatoms. The number of hydrogen-bond acceptors (Lipinski definition) is 6. The second-order valence-electron chi connectivity index (χ2n) is 7.84. The molecule has 3 rings (SSSR count). The molecule has 0 saturated carbocycles. The van der Waals surface area contributed by atoms with Crippen LogP contribution in [0.25, 0.3) is 0 Å². The summed E-state index contributed by atoms with van der Waals surface area (Å²) in [5.74, 6) is -2.45. The Morgan fingerprint density at radius 3 is 2.34 bits per heavy atom. The van der Waals surface area contributed by atoms with Crippen LogP contribution in [0, 0.1) is 5.92 Å². The first kappa shape index (κ1) is 23.1. The minimum absolute atomic E-state index is 0.00681. The Labute approximate surface area is 186 Å². The number of amides is 1. The van der Waals surface area contributed by atoms with Crippen LogP contribution in [-0.2, 0) is 25.7 Å². The molecule has 1 fully saturated rings. The van der Waals surface area contributed by atoms with Gasteiger partial charge in [-0.15, -0.1) is 0 Å². The predicted molar refractivity (Wildman–Crippen MR) is 115 cm³/mol. The molecule has 0 unspecified atom stereocenters. The molecule has 1 N–H and O–H groups in total. The molecule has 170 valence electrons. The van der Waals surface area contributed by atoms with E-state index < -0.39 is 35.4 Å². The van der Waals surface area contributed by atoms with E-state index in [1.54, 1.807) is 12.1 Å². The lowest BCUT2D eigenvalue weighted by Crippen LogP contribution is -2.54. The van der Waals surface area contributed by atoms with Crippen LogP contribution in [0.4, 0.5) is 4.79 Å². The van der Waals surface area contributed by atoms with Crippen molar-refractivity contribution in [3.8, 4) is 5.75 Å². The number of nitrogens with zero attached hydrogens (tertiary/aromatic N) is 1. The van der Waals surface area contributed by atoms with Crippen molar-refractivity contribution in [2.24, 2.45) is 5.92 Å². The summed E-state index contributed by atoms with van der Waals surface area (Å²) < 4.78 is 15.8. The summed E-state index contributed by atoms with van der Waals surface area (Å²) in [4.78, 5) is 39.0. The van der Waals surface area contributed by atoms with Crippen LogP contribution < -0.4 is 4.74 Å². The summed E-state index contributed by atoms with van der Waals surface area (Å²) in [5, 5.41) is 10.2. The van der Waals surface area contributed by atoms with Crippen molar-refractivity contribution in [3.05, 3.63) is 65.7 Å². The third-order valence-corrected chi connectivity index (χ3v) is 6.16. The number of hydrogen-bond donors (Lipinski definition) is 1. The average Bonchev–Trinajstić information content (AvgIpc) is 3.11. The molecule has 0 radical (unpaired) electrons. The summed E-state index contributed by atoms with van der Waals surface area (Å²) >= 11 is 0. The van der Waals surface area contributed by atoms with Gasteiger partial charge >= 0.3 is 18.0 Å². The number of esters is 1. The lowest BCUT2D eigenvalue weighted by molar-refractivity contribution is -0.152. The van der Waals surface area contributed by atoms with E-state index in [9.17, 15) is 19.5 Å². The van der Waals surface area contributed by atoms with Gasteiger partial charge in [0.15, 0.2) is 0 Å². The molecule has 1 aliphatic heterocycles. The molecule has 0 bridgehead atoms. The topological polar surface area (TPSA) is 102 Å². The standard InChI is InChI=1S/C24H27NO7/c1-24(22(27)28)19(13-21(26)31-3)18(17-11-7-8-12-20(17)30-2)14-25(24)23(29)32-15-16-9-5-4-6-10-16/h4-12,18-19H,13-15H2,1-3H3,(H,27,28)/t18-,19+,24+/m1/s1. The van der Waals surface area contributed by atoms with Gasteiger partial charge in [0, 0.05) is 18.4 Å². The Hall–Kier alpha value is -3.55. The molecular weight excluding hydrogens is 414 g/mol. The van der Waals surface area contributed by atoms with Crippen molar-refractivity contribution in [1.82, 2.24) is 4.90 Å². The number of carboxylic acids is 1. The molecule has 0 aliphatic carbocycles. The summed E-state index contributed by atoms with van der Waals surface area (Å²) in [6.07, 6.45) is -0.934. The Kier molecular flexibility index (Phi) is 7.02. The Bertz CT molecular complexity index is 977. The molecule has 1 aliphatic rings. The monoisotopic (exact) mass is 441 g/mol. The summed E-state index contributed by atoms with van der Waals surface area (Å²) in [6, 6.07) is 16.3. The highest BCUT2D eigenvalue weighted by Crippen LogP contribution is 2.48. The van der Waals surface area contributed by atoms with Crippen LogP contribution in [0.2, 0.25) is 0 Å². The first-order chi connectivity index (χ1) is 15.3. The van der Waals surface area contributed by atoms with Gasteiger partial charge < -0.3 is 19.3 Å². The largest absolute Gasteiger partial charge is 0.496 e. The number of carboxylic acid groups (broad SMARTS) is 1. The van der Waals surface area contributed by atoms with Crippen LogP contribution in [0.1, 0.15) is 30.4 Å². The van der Waals surface area contributed by atoms with Gasteiger partial charge in [0.05, 0.1) is 20.6 Å². The number of carbonyl (C=O) groups excluding carboxylic acids is 2. The number of carbonyl (C=O) groups is 3. The Morgan fingerprint density at radius 2 is 1.72 bits per heavy atom. The lowest BCUT2D eigenvalue weighted by Gasteiger charge is -2.34. The molecule has 2 aromatic carbocycles. The van der Waals surface area contributed by atoms with Crippen LogP contribution in [0.3, 0.4) is 0 Å². The molecule has 1 saturated heterocycles. The number of para-hydroxylation sites is 1. The molecule has 1 heterocycles. The van der Waals surface area contributed by atoms with Crippen LogP contribution >= 0.6 is 0 Å². The molecule has 0 spiro atoms. The summed E-state index contributed by atoms with van der Waals surface area (Å²) in [6.45, 7) is 1.51. The van der Waals surface area contributed by atoms with Crippen LogP contribution in [0.15, 0.2) is 54.6 Å². The number of ether oxygens (including phenoxy) is 3. The zero-order valence-electron chi connectivity index (χ0n) is 18.3. The predicted octanol–water partition coefficient (Wildman–Crippen LogP) is 3.45. The van der Waals surface area contributed by atoms with Gasteiger partial charge in [-0.25, -0.2) is 9.59 Å². The van der Waals surface area contributed by atoms with E-state index in [1.807, 2.05) is 42.5 Å². The molecule has 32 heavy (non-hydrogen) atoms.